The van der Waals surface area contributed by atoms with E-state index in [4.69, 9.17) is 9.15 Å². The number of hydrogen-bond donors (Lipinski definition) is 1. The average molecular weight is 153 g/mol. The van der Waals surface area contributed by atoms with Crippen LogP contribution in [0.25, 0.3) is 0 Å². The first-order chi connectivity index (χ1) is 5.36. The van der Waals surface area contributed by atoms with Gasteiger partial charge >= 0.3 is 6.09 Å². The number of carbonyl (C=O) groups is 1. The predicted molar refractivity (Wildman–Crippen MR) is 35.9 cm³/mol. The zero-order chi connectivity index (χ0) is 7.68. The third-order valence-electron chi connectivity index (χ3n) is 1.60. The van der Waals surface area contributed by atoms with Crippen molar-refractivity contribution in [1.29, 1.82) is 0 Å². The molecule has 58 valence electrons. The number of alkyl carbamates (subject to hydrolysis) is 1. The summed E-state index contributed by atoms with van der Waals surface area (Å²) in [6.07, 6.45) is 2.59. The van der Waals surface area contributed by atoms with Gasteiger partial charge in [-0.25, -0.2) is 4.79 Å². The number of cyclic esters (lactones) is 1. The van der Waals surface area contributed by atoms with Gasteiger partial charge in [0.15, 0.2) is 0 Å². The van der Waals surface area contributed by atoms with E-state index in [1.165, 1.54) is 0 Å². The monoisotopic (exact) mass is 153 g/mol. The number of nitrogens with one attached hydrogen (secondary N) is 1. The number of rotatable bonds is 1. The van der Waals surface area contributed by atoms with Gasteiger partial charge in [0.1, 0.15) is 6.10 Å². The summed E-state index contributed by atoms with van der Waals surface area (Å²) in [5.41, 5.74) is 0.892. The first-order valence-electron chi connectivity index (χ1n) is 3.33. The van der Waals surface area contributed by atoms with Crippen LogP contribution < -0.4 is 5.32 Å². The lowest BCUT2D eigenvalue weighted by Gasteiger charge is -2.01. The van der Waals surface area contributed by atoms with Gasteiger partial charge in [0.25, 0.3) is 0 Å². The molecule has 1 N–H and O–H groups in total. The molecule has 0 aliphatic carbocycles. The fourth-order valence-electron chi connectivity index (χ4n) is 1.03. The van der Waals surface area contributed by atoms with E-state index in [-0.39, 0.29) is 12.2 Å². The maximum absolute atomic E-state index is 10.6. The van der Waals surface area contributed by atoms with E-state index in [0.29, 0.717) is 6.54 Å². The van der Waals surface area contributed by atoms with Crippen molar-refractivity contribution in [1.82, 2.24) is 5.32 Å². The van der Waals surface area contributed by atoms with E-state index in [0.717, 1.165) is 5.56 Å². The highest BCUT2D eigenvalue weighted by atomic mass is 16.6. The van der Waals surface area contributed by atoms with E-state index in [1.54, 1.807) is 18.6 Å². The Hall–Kier alpha value is -1.45. The zero-order valence-corrected chi connectivity index (χ0v) is 5.74. The lowest BCUT2D eigenvalue weighted by molar-refractivity contribution is 0.141. The van der Waals surface area contributed by atoms with Crippen LogP contribution in [0.5, 0.6) is 0 Å². The van der Waals surface area contributed by atoms with Crippen molar-refractivity contribution in [3.05, 3.63) is 24.2 Å². The van der Waals surface area contributed by atoms with Crippen LogP contribution >= 0.6 is 0 Å². The summed E-state index contributed by atoms with van der Waals surface area (Å²) in [5.74, 6) is 0. The molecule has 1 fully saturated rings. The molecule has 1 saturated heterocycles. The first-order valence-corrected chi connectivity index (χ1v) is 3.33. The van der Waals surface area contributed by atoms with E-state index in [9.17, 15) is 4.79 Å². The van der Waals surface area contributed by atoms with Gasteiger partial charge in [-0.1, -0.05) is 0 Å². The van der Waals surface area contributed by atoms with Crippen LogP contribution in [0.15, 0.2) is 23.0 Å². The fourth-order valence-corrected chi connectivity index (χ4v) is 1.03. The summed E-state index contributed by atoms with van der Waals surface area (Å²) in [7, 11) is 0. The van der Waals surface area contributed by atoms with Crippen LogP contribution in [-0.2, 0) is 4.74 Å². The Morgan fingerprint density at radius 1 is 1.64 bits per heavy atom. The van der Waals surface area contributed by atoms with Gasteiger partial charge in [-0.2, -0.15) is 0 Å². The predicted octanol–water partition coefficient (Wildman–Crippen LogP) is 1.06. The van der Waals surface area contributed by atoms with Crippen molar-refractivity contribution in [3.63, 3.8) is 0 Å². The molecule has 0 saturated carbocycles. The second-order valence-electron chi connectivity index (χ2n) is 2.33. The van der Waals surface area contributed by atoms with Crippen molar-refractivity contribution in [2.24, 2.45) is 0 Å². The molecule has 1 aromatic heterocycles. The van der Waals surface area contributed by atoms with Gasteiger partial charge < -0.3 is 14.5 Å². The zero-order valence-electron chi connectivity index (χ0n) is 5.74. The highest BCUT2D eigenvalue weighted by Crippen LogP contribution is 2.20. The molecule has 0 bridgehead atoms. The number of furan rings is 1. The first kappa shape index (κ1) is 6.27. The van der Waals surface area contributed by atoms with Crippen LogP contribution in [0.1, 0.15) is 11.7 Å². The summed E-state index contributed by atoms with van der Waals surface area (Å²) in [4.78, 5) is 10.6. The van der Waals surface area contributed by atoms with E-state index < -0.39 is 0 Å². The molecule has 1 aliphatic heterocycles. The van der Waals surface area contributed by atoms with E-state index >= 15 is 0 Å². The molecule has 1 unspecified atom stereocenters. The number of carbonyl (C=O) groups excluding carboxylic acids is 1. The summed E-state index contributed by atoms with van der Waals surface area (Å²) in [5, 5.41) is 2.56. The largest absolute Gasteiger partial charge is 0.472 e. The number of hydrogen-bond acceptors (Lipinski definition) is 3. The van der Waals surface area contributed by atoms with Crippen molar-refractivity contribution in [3.8, 4) is 0 Å². The molecule has 2 rings (SSSR count). The molecule has 0 radical (unpaired) electrons. The topological polar surface area (TPSA) is 51.5 Å². The molecule has 1 aliphatic rings. The van der Waals surface area contributed by atoms with E-state index in [2.05, 4.69) is 5.32 Å². The number of amides is 1. The molecule has 4 nitrogen and oxygen atoms in total. The molecule has 0 aromatic carbocycles. The highest BCUT2D eigenvalue weighted by molar-refractivity contribution is 5.69. The molecule has 0 spiro atoms. The summed E-state index contributed by atoms with van der Waals surface area (Å²) >= 11 is 0. The minimum Gasteiger partial charge on any atom is -0.472 e. The van der Waals surface area contributed by atoms with Crippen molar-refractivity contribution < 1.29 is 13.9 Å². The lowest BCUT2D eigenvalue weighted by atomic mass is 10.2. The molecule has 1 amide bonds. The second-order valence-corrected chi connectivity index (χ2v) is 2.33. The van der Waals surface area contributed by atoms with E-state index in [1.807, 2.05) is 0 Å². The Labute approximate surface area is 63.1 Å². The third-order valence-corrected chi connectivity index (χ3v) is 1.60. The smallest absolute Gasteiger partial charge is 0.407 e. The molecule has 4 heteroatoms. The lowest BCUT2D eigenvalue weighted by Crippen LogP contribution is -2.12. The Balaban J connectivity index is 2.13. The van der Waals surface area contributed by atoms with Gasteiger partial charge in [-0.15, -0.1) is 0 Å². The van der Waals surface area contributed by atoms with Gasteiger partial charge in [-0.3, -0.25) is 0 Å². The summed E-state index contributed by atoms with van der Waals surface area (Å²) in [6.45, 7) is 0.526. The van der Waals surface area contributed by atoms with Gasteiger partial charge in [-0.05, 0) is 6.07 Å². The molecular weight excluding hydrogens is 146 g/mol. The second kappa shape index (κ2) is 2.30. The van der Waals surface area contributed by atoms with Gasteiger partial charge in [0, 0.05) is 5.56 Å². The van der Waals surface area contributed by atoms with Crippen molar-refractivity contribution in [2.45, 2.75) is 6.10 Å². The molecular formula is C7H7NO3. The maximum atomic E-state index is 10.6. The van der Waals surface area contributed by atoms with Crippen molar-refractivity contribution in [2.75, 3.05) is 6.54 Å². The minimum atomic E-state index is -0.365. The Kier molecular flexibility index (Phi) is 1.31. The Morgan fingerprint density at radius 3 is 3.09 bits per heavy atom. The average Bonchev–Trinajstić information content (AvgIpc) is 2.55. The van der Waals surface area contributed by atoms with Crippen LogP contribution in [-0.4, -0.2) is 12.6 Å². The molecule has 1 atom stereocenters. The molecule has 11 heavy (non-hydrogen) atoms. The van der Waals surface area contributed by atoms with Gasteiger partial charge in [0.2, 0.25) is 0 Å². The highest BCUT2D eigenvalue weighted by Gasteiger charge is 2.24. The summed E-state index contributed by atoms with van der Waals surface area (Å²) < 4.78 is 9.74. The number of ether oxygens (including phenoxy) is 1. The van der Waals surface area contributed by atoms with Crippen molar-refractivity contribution >= 4 is 6.09 Å². The van der Waals surface area contributed by atoms with Crippen LogP contribution in [0.2, 0.25) is 0 Å². The molecule has 1 aromatic rings. The SMILES string of the molecule is O=C1NCC(c2ccoc2)O1. The molecule has 2 heterocycles. The normalized spacial score (nSPS) is 22.9. The third kappa shape index (κ3) is 1.07. The standard InChI is InChI=1S/C7H7NO3/c9-7-8-3-6(11-7)5-1-2-10-4-5/h1-2,4,6H,3H2,(H,8,9). The minimum absolute atomic E-state index is 0.179. The van der Waals surface area contributed by atoms with Crippen LogP contribution in [0.3, 0.4) is 0 Å². The quantitative estimate of drug-likeness (QED) is 0.656. The van der Waals surface area contributed by atoms with Gasteiger partial charge in [0.05, 0.1) is 19.1 Å². The van der Waals surface area contributed by atoms with Crippen LogP contribution in [0, 0.1) is 0 Å². The Bertz CT molecular complexity index is 255. The Morgan fingerprint density at radius 2 is 2.55 bits per heavy atom. The summed E-state index contributed by atoms with van der Waals surface area (Å²) in [6, 6.07) is 1.78. The maximum Gasteiger partial charge on any atom is 0.407 e. The van der Waals surface area contributed by atoms with Crippen LogP contribution in [0.4, 0.5) is 4.79 Å². The fraction of sp³-hybridized carbons (Fsp3) is 0.286.